The van der Waals surface area contributed by atoms with Gasteiger partial charge in [-0.25, -0.2) is 0 Å². The molecule has 0 radical (unpaired) electrons. The molecule has 2 rings (SSSR count). The Bertz CT molecular complexity index is 226. The first-order valence-electron chi connectivity index (χ1n) is 7.31. The Labute approximate surface area is 106 Å². The molecule has 3 nitrogen and oxygen atoms in total. The molecule has 3 unspecified atom stereocenters. The Balaban J connectivity index is 1.81. The van der Waals surface area contributed by atoms with Crippen LogP contribution in [0.1, 0.15) is 45.4 Å². The predicted octanol–water partition coefficient (Wildman–Crippen LogP) is 1.61. The molecule has 1 aliphatic carbocycles. The monoisotopic (exact) mass is 240 g/mol. The van der Waals surface area contributed by atoms with E-state index in [1.165, 1.54) is 45.2 Å². The SMILES string of the molecule is CNC(C)C1CCN(C2CCCCC2O)CC1. The smallest absolute Gasteiger partial charge is 0.0695 e. The van der Waals surface area contributed by atoms with E-state index in [1.807, 2.05) is 0 Å². The summed E-state index contributed by atoms with van der Waals surface area (Å²) in [5, 5.41) is 13.5. The highest BCUT2D eigenvalue weighted by atomic mass is 16.3. The van der Waals surface area contributed by atoms with Gasteiger partial charge >= 0.3 is 0 Å². The van der Waals surface area contributed by atoms with Gasteiger partial charge in [-0.05, 0) is 58.7 Å². The molecule has 1 saturated heterocycles. The lowest BCUT2D eigenvalue weighted by Gasteiger charge is -2.42. The summed E-state index contributed by atoms with van der Waals surface area (Å²) in [4.78, 5) is 2.54. The first-order valence-corrected chi connectivity index (χ1v) is 7.31. The Morgan fingerprint density at radius 3 is 2.35 bits per heavy atom. The van der Waals surface area contributed by atoms with Crippen molar-refractivity contribution in [2.75, 3.05) is 20.1 Å². The van der Waals surface area contributed by atoms with Crippen LogP contribution in [0.5, 0.6) is 0 Å². The van der Waals surface area contributed by atoms with E-state index in [0.717, 1.165) is 12.3 Å². The Kier molecular flexibility index (Phi) is 4.83. The third-order valence-corrected chi connectivity index (χ3v) is 4.90. The minimum Gasteiger partial charge on any atom is -0.391 e. The second kappa shape index (κ2) is 6.17. The van der Waals surface area contributed by atoms with Crippen molar-refractivity contribution in [2.45, 2.75) is 63.6 Å². The average Bonchev–Trinajstić information content (AvgIpc) is 2.39. The molecule has 2 aliphatic rings. The largest absolute Gasteiger partial charge is 0.391 e. The van der Waals surface area contributed by atoms with E-state index >= 15 is 0 Å². The minimum absolute atomic E-state index is 0.0676. The van der Waals surface area contributed by atoms with Crippen molar-refractivity contribution < 1.29 is 5.11 Å². The average molecular weight is 240 g/mol. The molecule has 0 aromatic rings. The maximum absolute atomic E-state index is 10.1. The summed E-state index contributed by atoms with van der Waals surface area (Å²) < 4.78 is 0. The molecule has 0 bridgehead atoms. The van der Waals surface area contributed by atoms with E-state index in [9.17, 15) is 5.11 Å². The maximum atomic E-state index is 10.1. The van der Waals surface area contributed by atoms with Crippen LogP contribution in [0.25, 0.3) is 0 Å². The zero-order chi connectivity index (χ0) is 12.3. The summed E-state index contributed by atoms with van der Waals surface area (Å²) in [5.41, 5.74) is 0. The van der Waals surface area contributed by atoms with E-state index in [0.29, 0.717) is 12.1 Å². The molecular formula is C14H28N2O. The Morgan fingerprint density at radius 2 is 1.76 bits per heavy atom. The van der Waals surface area contributed by atoms with Crippen LogP contribution in [0.15, 0.2) is 0 Å². The topological polar surface area (TPSA) is 35.5 Å². The highest BCUT2D eigenvalue weighted by Crippen LogP contribution is 2.28. The molecule has 1 heterocycles. The van der Waals surface area contributed by atoms with Crippen LogP contribution >= 0.6 is 0 Å². The molecule has 2 N–H and O–H groups in total. The van der Waals surface area contributed by atoms with Gasteiger partial charge < -0.3 is 10.4 Å². The van der Waals surface area contributed by atoms with Gasteiger partial charge in [0.15, 0.2) is 0 Å². The lowest BCUT2D eigenvalue weighted by Crippen LogP contribution is -2.50. The van der Waals surface area contributed by atoms with E-state index < -0.39 is 0 Å². The normalized spacial score (nSPS) is 34.8. The zero-order valence-corrected chi connectivity index (χ0v) is 11.4. The van der Waals surface area contributed by atoms with E-state index in [-0.39, 0.29) is 6.10 Å². The zero-order valence-electron chi connectivity index (χ0n) is 11.4. The number of likely N-dealkylation sites (tertiary alicyclic amines) is 1. The molecule has 0 aromatic heterocycles. The predicted molar refractivity (Wildman–Crippen MR) is 71.1 cm³/mol. The second-order valence-electron chi connectivity index (χ2n) is 5.87. The van der Waals surface area contributed by atoms with Gasteiger partial charge in [0.25, 0.3) is 0 Å². The van der Waals surface area contributed by atoms with Gasteiger partial charge in [-0.3, -0.25) is 4.90 Å². The Hall–Kier alpha value is -0.120. The van der Waals surface area contributed by atoms with Crippen molar-refractivity contribution in [2.24, 2.45) is 5.92 Å². The van der Waals surface area contributed by atoms with Crippen LogP contribution < -0.4 is 5.32 Å². The summed E-state index contributed by atoms with van der Waals surface area (Å²) in [6.45, 7) is 4.65. The summed E-state index contributed by atoms with van der Waals surface area (Å²) in [6.07, 6.45) is 7.22. The van der Waals surface area contributed by atoms with Crippen LogP contribution in [-0.2, 0) is 0 Å². The maximum Gasteiger partial charge on any atom is 0.0695 e. The van der Waals surface area contributed by atoms with Gasteiger partial charge in [-0.1, -0.05) is 12.8 Å². The molecule has 0 aromatic carbocycles. The molecular weight excluding hydrogens is 212 g/mol. The summed E-state index contributed by atoms with van der Waals surface area (Å²) in [6, 6.07) is 1.09. The third-order valence-electron chi connectivity index (χ3n) is 4.90. The fourth-order valence-electron chi connectivity index (χ4n) is 3.50. The fraction of sp³-hybridized carbons (Fsp3) is 1.00. The van der Waals surface area contributed by atoms with Gasteiger partial charge in [-0.15, -0.1) is 0 Å². The molecule has 17 heavy (non-hydrogen) atoms. The number of nitrogens with zero attached hydrogens (tertiary/aromatic N) is 1. The molecule has 0 spiro atoms. The number of piperidine rings is 1. The molecule has 3 heteroatoms. The number of aliphatic hydroxyl groups is 1. The minimum atomic E-state index is -0.0676. The highest BCUT2D eigenvalue weighted by molar-refractivity contribution is 4.87. The molecule has 100 valence electrons. The standard InChI is InChI=1S/C14H28N2O/c1-11(15-2)12-7-9-16(10-8-12)13-5-3-4-6-14(13)17/h11-15,17H,3-10H2,1-2H3. The quantitative estimate of drug-likeness (QED) is 0.787. The van der Waals surface area contributed by atoms with Crippen molar-refractivity contribution in [1.82, 2.24) is 10.2 Å². The molecule has 2 fully saturated rings. The summed E-state index contributed by atoms with van der Waals surface area (Å²) in [5.74, 6) is 0.817. The molecule has 0 amide bonds. The number of hydrogen-bond acceptors (Lipinski definition) is 3. The molecule has 1 saturated carbocycles. The highest BCUT2D eigenvalue weighted by Gasteiger charge is 2.32. The van der Waals surface area contributed by atoms with Gasteiger partial charge in [0.2, 0.25) is 0 Å². The van der Waals surface area contributed by atoms with Gasteiger partial charge in [-0.2, -0.15) is 0 Å². The molecule has 3 atom stereocenters. The molecule has 1 aliphatic heterocycles. The van der Waals surface area contributed by atoms with Crippen LogP contribution in [-0.4, -0.2) is 48.3 Å². The van der Waals surface area contributed by atoms with Crippen LogP contribution in [0, 0.1) is 5.92 Å². The number of nitrogens with one attached hydrogen (secondary N) is 1. The van der Waals surface area contributed by atoms with E-state index in [1.54, 1.807) is 0 Å². The lowest BCUT2D eigenvalue weighted by atomic mass is 9.86. The fourth-order valence-corrected chi connectivity index (χ4v) is 3.50. The van der Waals surface area contributed by atoms with E-state index in [4.69, 9.17) is 0 Å². The van der Waals surface area contributed by atoms with Crippen molar-refractivity contribution in [1.29, 1.82) is 0 Å². The number of hydrogen-bond donors (Lipinski definition) is 2. The van der Waals surface area contributed by atoms with Gasteiger partial charge in [0.1, 0.15) is 0 Å². The summed E-state index contributed by atoms with van der Waals surface area (Å²) >= 11 is 0. The van der Waals surface area contributed by atoms with E-state index in [2.05, 4.69) is 24.2 Å². The third kappa shape index (κ3) is 3.21. The van der Waals surface area contributed by atoms with Crippen molar-refractivity contribution >= 4 is 0 Å². The Morgan fingerprint density at radius 1 is 1.12 bits per heavy atom. The van der Waals surface area contributed by atoms with Crippen LogP contribution in [0.2, 0.25) is 0 Å². The van der Waals surface area contributed by atoms with Crippen LogP contribution in [0.4, 0.5) is 0 Å². The second-order valence-corrected chi connectivity index (χ2v) is 5.87. The van der Waals surface area contributed by atoms with Crippen LogP contribution in [0.3, 0.4) is 0 Å². The number of aliphatic hydroxyl groups excluding tert-OH is 1. The first-order chi connectivity index (χ1) is 8.22. The van der Waals surface area contributed by atoms with Gasteiger partial charge in [0.05, 0.1) is 6.10 Å². The van der Waals surface area contributed by atoms with Crippen molar-refractivity contribution in [3.05, 3.63) is 0 Å². The summed E-state index contributed by atoms with van der Waals surface area (Å²) in [7, 11) is 2.06. The first kappa shape index (κ1) is 13.3. The number of rotatable bonds is 3. The van der Waals surface area contributed by atoms with Gasteiger partial charge in [0, 0.05) is 12.1 Å². The van der Waals surface area contributed by atoms with Crippen molar-refractivity contribution in [3.63, 3.8) is 0 Å². The lowest BCUT2D eigenvalue weighted by molar-refractivity contribution is 0.00180. The van der Waals surface area contributed by atoms with Crippen molar-refractivity contribution in [3.8, 4) is 0 Å².